The van der Waals surface area contributed by atoms with Crippen molar-refractivity contribution in [2.45, 2.75) is 57.4 Å². The monoisotopic (exact) mass is 346 g/mol. The summed E-state index contributed by atoms with van der Waals surface area (Å²) >= 11 is 0. The standard InChI is InChI=1S/C18H26N4O3/c23-15-10-14(19-20-15)17(25)21-9-3-7-18(11-21)8-6-16(24)22(12-18)13-4-1-2-5-13/h10,13H,1-9,11-12H2,(H2,19,20,23). The molecular formula is C18H26N4O3. The third-order valence-corrected chi connectivity index (χ3v) is 6.24. The minimum atomic E-state index is -0.286. The van der Waals surface area contributed by atoms with E-state index in [4.69, 9.17) is 0 Å². The summed E-state index contributed by atoms with van der Waals surface area (Å²) in [7, 11) is 0. The molecule has 136 valence electrons. The molecule has 1 spiro atoms. The fraction of sp³-hybridized carbons (Fsp3) is 0.722. The van der Waals surface area contributed by atoms with E-state index in [9.17, 15) is 14.4 Å². The van der Waals surface area contributed by atoms with Crippen LogP contribution in [0.25, 0.3) is 0 Å². The van der Waals surface area contributed by atoms with Gasteiger partial charge >= 0.3 is 0 Å². The molecule has 7 nitrogen and oxygen atoms in total. The van der Waals surface area contributed by atoms with Gasteiger partial charge in [0.2, 0.25) is 5.91 Å². The van der Waals surface area contributed by atoms with Crippen LogP contribution in [0.5, 0.6) is 0 Å². The van der Waals surface area contributed by atoms with Crippen molar-refractivity contribution >= 4 is 11.8 Å². The molecule has 1 unspecified atom stereocenters. The molecular weight excluding hydrogens is 320 g/mol. The van der Waals surface area contributed by atoms with Gasteiger partial charge in [-0.2, -0.15) is 0 Å². The summed E-state index contributed by atoms with van der Waals surface area (Å²) in [6.45, 7) is 2.17. The Bertz CT molecular complexity index is 718. The van der Waals surface area contributed by atoms with Crippen LogP contribution in [0.2, 0.25) is 0 Å². The average Bonchev–Trinajstić information content (AvgIpc) is 3.28. The number of amides is 2. The van der Waals surface area contributed by atoms with Crippen LogP contribution in [0.4, 0.5) is 0 Å². The van der Waals surface area contributed by atoms with E-state index in [0.717, 1.165) is 38.6 Å². The Labute approximate surface area is 146 Å². The van der Waals surface area contributed by atoms with Crippen molar-refractivity contribution in [3.8, 4) is 0 Å². The van der Waals surface area contributed by atoms with Gasteiger partial charge in [-0.15, -0.1) is 0 Å². The molecule has 3 fully saturated rings. The summed E-state index contributed by atoms with van der Waals surface area (Å²) in [5.74, 6) is 0.165. The molecule has 1 saturated carbocycles. The molecule has 1 aromatic heterocycles. The summed E-state index contributed by atoms with van der Waals surface area (Å²) in [4.78, 5) is 40.4. The van der Waals surface area contributed by atoms with E-state index in [1.807, 2.05) is 4.90 Å². The number of carbonyl (C=O) groups excluding carboxylic acids is 2. The Morgan fingerprint density at radius 2 is 1.88 bits per heavy atom. The lowest BCUT2D eigenvalue weighted by molar-refractivity contribution is -0.142. The van der Waals surface area contributed by atoms with Gasteiger partial charge in [0.05, 0.1) is 0 Å². The predicted octanol–water partition coefficient (Wildman–Crippen LogP) is 1.49. The quantitative estimate of drug-likeness (QED) is 0.850. The fourth-order valence-electron chi connectivity index (χ4n) is 4.93. The molecule has 25 heavy (non-hydrogen) atoms. The van der Waals surface area contributed by atoms with Gasteiger partial charge in [0, 0.05) is 43.6 Å². The van der Waals surface area contributed by atoms with E-state index >= 15 is 0 Å². The highest BCUT2D eigenvalue weighted by atomic mass is 16.2. The van der Waals surface area contributed by atoms with E-state index in [2.05, 4.69) is 15.1 Å². The molecule has 3 aliphatic rings. The first-order valence-electron chi connectivity index (χ1n) is 9.43. The van der Waals surface area contributed by atoms with Crippen LogP contribution in [0.3, 0.4) is 0 Å². The van der Waals surface area contributed by atoms with Crippen LogP contribution in [0, 0.1) is 5.41 Å². The smallest absolute Gasteiger partial charge is 0.271 e. The largest absolute Gasteiger partial charge is 0.339 e. The molecule has 2 N–H and O–H groups in total. The zero-order valence-electron chi connectivity index (χ0n) is 14.6. The number of likely N-dealkylation sites (tertiary alicyclic amines) is 2. The first-order valence-corrected chi connectivity index (χ1v) is 9.43. The van der Waals surface area contributed by atoms with Crippen molar-refractivity contribution in [2.75, 3.05) is 19.6 Å². The number of aromatic amines is 2. The van der Waals surface area contributed by atoms with Gasteiger partial charge in [-0.1, -0.05) is 12.8 Å². The number of hydrogen-bond donors (Lipinski definition) is 2. The summed E-state index contributed by atoms with van der Waals surface area (Å²) < 4.78 is 0. The van der Waals surface area contributed by atoms with Gasteiger partial charge in [0.1, 0.15) is 5.69 Å². The number of H-pyrrole nitrogens is 2. The highest BCUT2D eigenvalue weighted by Gasteiger charge is 2.44. The Morgan fingerprint density at radius 1 is 1.08 bits per heavy atom. The molecule has 0 bridgehead atoms. The van der Waals surface area contributed by atoms with Crippen LogP contribution in [-0.2, 0) is 4.79 Å². The highest BCUT2D eigenvalue weighted by molar-refractivity contribution is 5.92. The van der Waals surface area contributed by atoms with Gasteiger partial charge in [-0.25, -0.2) is 0 Å². The lowest BCUT2D eigenvalue weighted by Gasteiger charge is -2.49. The number of piperidine rings is 2. The van der Waals surface area contributed by atoms with Crippen molar-refractivity contribution in [1.29, 1.82) is 0 Å². The minimum Gasteiger partial charge on any atom is -0.339 e. The first kappa shape index (κ1) is 16.4. The maximum Gasteiger partial charge on any atom is 0.271 e. The second kappa shape index (κ2) is 6.35. The van der Waals surface area contributed by atoms with Gasteiger partial charge in [0.15, 0.2) is 0 Å². The number of nitrogens with zero attached hydrogens (tertiary/aromatic N) is 2. The predicted molar refractivity (Wildman–Crippen MR) is 92.2 cm³/mol. The van der Waals surface area contributed by atoms with Crippen LogP contribution in [0.15, 0.2) is 10.9 Å². The number of rotatable bonds is 2. The van der Waals surface area contributed by atoms with Crippen molar-refractivity contribution in [3.63, 3.8) is 0 Å². The minimum absolute atomic E-state index is 0.0149. The van der Waals surface area contributed by atoms with E-state index in [-0.39, 0.29) is 22.8 Å². The molecule has 2 amide bonds. The van der Waals surface area contributed by atoms with E-state index < -0.39 is 0 Å². The molecule has 1 aromatic rings. The van der Waals surface area contributed by atoms with Crippen LogP contribution in [-0.4, -0.2) is 57.5 Å². The summed E-state index contributed by atoms with van der Waals surface area (Å²) in [5, 5.41) is 5.09. The molecule has 0 radical (unpaired) electrons. The van der Waals surface area contributed by atoms with E-state index in [1.165, 1.54) is 18.9 Å². The number of hydrogen-bond acceptors (Lipinski definition) is 3. The van der Waals surface area contributed by atoms with Gasteiger partial charge in [-0.05, 0) is 32.1 Å². The topological polar surface area (TPSA) is 89.3 Å². The number of nitrogens with one attached hydrogen (secondary N) is 2. The van der Waals surface area contributed by atoms with Gasteiger partial charge in [-0.3, -0.25) is 24.6 Å². The lowest BCUT2D eigenvalue weighted by atomic mass is 9.73. The Hall–Kier alpha value is -2.05. The molecule has 4 rings (SSSR count). The van der Waals surface area contributed by atoms with Gasteiger partial charge < -0.3 is 9.80 Å². The van der Waals surface area contributed by atoms with Crippen molar-refractivity contribution in [1.82, 2.24) is 20.0 Å². The van der Waals surface area contributed by atoms with E-state index in [0.29, 0.717) is 31.2 Å². The van der Waals surface area contributed by atoms with Crippen LogP contribution >= 0.6 is 0 Å². The molecule has 2 saturated heterocycles. The third-order valence-electron chi connectivity index (χ3n) is 6.24. The molecule has 0 aromatic carbocycles. The first-order chi connectivity index (χ1) is 12.1. The zero-order chi connectivity index (χ0) is 17.4. The summed E-state index contributed by atoms with van der Waals surface area (Å²) in [6.07, 6.45) is 8.15. The molecule has 3 heterocycles. The SMILES string of the molecule is O=C(c1cc(=O)[nH][nH]1)N1CCCC2(CCC(=O)N(C3CCCC3)C2)C1. The van der Waals surface area contributed by atoms with Gasteiger partial charge in [0.25, 0.3) is 11.5 Å². The van der Waals surface area contributed by atoms with Crippen LogP contribution in [0.1, 0.15) is 61.9 Å². The molecule has 7 heteroatoms. The molecule has 2 aliphatic heterocycles. The van der Waals surface area contributed by atoms with E-state index in [1.54, 1.807) is 0 Å². The van der Waals surface area contributed by atoms with Crippen molar-refractivity contribution < 1.29 is 9.59 Å². The highest BCUT2D eigenvalue weighted by Crippen LogP contribution is 2.41. The normalized spacial score (nSPS) is 28.1. The summed E-state index contributed by atoms with van der Waals surface area (Å²) in [6, 6.07) is 1.72. The summed E-state index contributed by atoms with van der Waals surface area (Å²) in [5.41, 5.74) is 0.0495. The average molecular weight is 346 g/mol. The zero-order valence-corrected chi connectivity index (χ0v) is 14.6. The maximum atomic E-state index is 12.7. The number of aromatic nitrogens is 2. The molecule has 1 aliphatic carbocycles. The van der Waals surface area contributed by atoms with Crippen LogP contribution < -0.4 is 5.56 Å². The Kier molecular flexibility index (Phi) is 4.17. The maximum absolute atomic E-state index is 12.7. The number of carbonyl (C=O) groups is 2. The fourth-order valence-corrected chi connectivity index (χ4v) is 4.93. The van der Waals surface area contributed by atoms with Crippen molar-refractivity contribution in [2.24, 2.45) is 5.41 Å². The Balaban J connectivity index is 1.50. The third kappa shape index (κ3) is 3.12. The second-order valence-electron chi connectivity index (χ2n) is 7.96. The van der Waals surface area contributed by atoms with Crippen molar-refractivity contribution in [3.05, 3.63) is 22.1 Å². The lowest BCUT2D eigenvalue weighted by Crippen LogP contribution is -2.56. The second-order valence-corrected chi connectivity index (χ2v) is 7.96. The Morgan fingerprint density at radius 3 is 2.60 bits per heavy atom. The molecule has 1 atom stereocenters.